The summed E-state index contributed by atoms with van der Waals surface area (Å²) in [6, 6.07) is 21.5. The number of rotatable bonds is 5. The van der Waals surface area contributed by atoms with E-state index in [-0.39, 0.29) is 17.8 Å². The molecule has 1 heterocycles. The lowest BCUT2D eigenvalue weighted by Gasteiger charge is -2.32. The van der Waals surface area contributed by atoms with Crippen molar-refractivity contribution >= 4 is 12.4 Å². The Kier molecular flexibility index (Phi) is 6.40. The molecule has 0 saturated heterocycles. The van der Waals surface area contributed by atoms with E-state index in [1.165, 1.54) is 11.1 Å². The normalized spacial score (nSPS) is 12.4. The quantitative estimate of drug-likeness (QED) is 0.684. The second-order valence-electron chi connectivity index (χ2n) is 7.21. The van der Waals surface area contributed by atoms with Gasteiger partial charge in [0.2, 0.25) is 0 Å². The Morgan fingerprint density at radius 3 is 2.20 bits per heavy atom. The van der Waals surface area contributed by atoms with Crippen LogP contribution < -0.4 is 5.32 Å². The number of aromatic nitrogens is 2. The van der Waals surface area contributed by atoms with Crippen LogP contribution in [-0.4, -0.2) is 9.78 Å². The van der Waals surface area contributed by atoms with Gasteiger partial charge >= 0.3 is 0 Å². The maximum absolute atomic E-state index is 4.26. The van der Waals surface area contributed by atoms with E-state index in [0.717, 1.165) is 12.2 Å². The largest absolute Gasteiger partial charge is 0.305 e. The van der Waals surface area contributed by atoms with Crippen LogP contribution in [0.3, 0.4) is 0 Å². The zero-order chi connectivity index (χ0) is 17.0. The van der Waals surface area contributed by atoms with Crippen LogP contribution in [0.1, 0.15) is 37.9 Å². The predicted octanol–water partition coefficient (Wildman–Crippen LogP) is 5.17. The number of nitrogens with zero attached hydrogens (tertiary/aromatic N) is 2. The highest BCUT2D eigenvalue weighted by Crippen LogP contribution is 2.32. The molecule has 1 unspecified atom stereocenters. The molecule has 3 nitrogen and oxygen atoms in total. The Balaban J connectivity index is 0.00000225. The van der Waals surface area contributed by atoms with Crippen LogP contribution in [0.4, 0.5) is 0 Å². The monoisotopic (exact) mass is 355 g/mol. The lowest BCUT2D eigenvalue weighted by atomic mass is 9.82. The van der Waals surface area contributed by atoms with E-state index in [0.29, 0.717) is 6.04 Å². The Morgan fingerprint density at radius 1 is 0.960 bits per heavy atom. The van der Waals surface area contributed by atoms with Crippen molar-refractivity contribution in [3.63, 3.8) is 0 Å². The van der Waals surface area contributed by atoms with Gasteiger partial charge in [0.1, 0.15) is 0 Å². The van der Waals surface area contributed by atoms with Crippen molar-refractivity contribution < 1.29 is 0 Å². The molecular weight excluding hydrogens is 330 g/mol. The molecule has 3 rings (SSSR count). The van der Waals surface area contributed by atoms with Crippen LogP contribution in [0.2, 0.25) is 0 Å². The van der Waals surface area contributed by atoms with Gasteiger partial charge in [0.15, 0.2) is 0 Å². The fraction of sp³-hybridized carbons (Fsp3) is 0.286. The van der Waals surface area contributed by atoms with Gasteiger partial charge in [-0.15, -0.1) is 12.4 Å². The molecule has 0 aliphatic heterocycles. The molecule has 132 valence electrons. The van der Waals surface area contributed by atoms with E-state index in [1.807, 2.05) is 16.9 Å². The molecule has 4 heteroatoms. The summed E-state index contributed by atoms with van der Waals surface area (Å²) in [5, 5.41) is 7.99. The van der Waals surface area contributed by atoms with Gasteiger partial charge in [-0.05, 0) is 34.7 Å². The summed E-state index contributed by atoms with van der Waals surface area (Å²) in [5.74, 6) is 0. The van der Waals surface area contributed by atoms with Gasteiger partial charge in [-0.2, -0.15) is 5.10 Å². The van der Waals surface area contributed by atoms with Crippen LogP contribution in [-0.2, 0) is 6.54 Å². The number of hydrogen-bond donors (Lipinski definition) is 1. The third kappa shape index (κ3) is 4.94. The van der Waals surface area contributed by atoms with E-state index < -0.39 is 0 Å². The highest BCUT2D eigenvalue weighted by Gasteiger charge is 2.25. The number of hydrogen-bond acceptors (Lipinski definition) is 2. The molecule has 1 atom stereocenters. The van der Waals surface area contributed by atoms with Crippen molar-refractivity contribution in [3.8, 4) is 5.69 Å². The second kappa shape index (κ2) is 8.32. The molecule has 25 heavy (non-hydrogen) atoms. The van der Waals surface area contributed by atoms with Crippen molar-refractivity contribution in [2.45, 2.75) is 33.4 Å². The maximum atomic E-state index is 4.26. The highest BCUT2D eigenvalue weighted by molar-refractivity contribution is 5.85. The molecule has 2 aromatic carbocycles. The third-order valence-electron chi connectivity index (χ3n) is 4.21. The molecular formula is C21H26ClN3. The average molecular weight is 356 g/mol. The van der Waals surface area contributed by atoms with Gasteiger partial charge in [-0.25, -0.2) is 4.68 Å². The van der Waals surface area contributed by atoms with E-state index in [2.05, 4.69) is 85.8 Å². The predicted molar refractivity (Wildman–Crippen MR) is 106 cm³/mol. The first kappa shape index (κ1) is 19.2. The van der Waals surface area contributed by atoms with Crippen molar-refractivity contribution in [2.75, 3.05) is 0 Å². The second-order valence-corrected chi connectivity index (χ2v) is 7.21. The highest BCUT2D eigenvalue weighted by atomic mass is 35.5. The summed E-state index contributed by atoms with van der Waals surface area (Å²) in [4.78, 5) is 0. The van der Waals surface area contributed by atoms with Crippen molar-refractivity contribution in [2.24, 2.45) is 5.41 Å². The molecule has 0 amide bonds. The minimum Gasteiger partial charge on any atom is -0.305 e. The Labute approximate surface area is 156 Å². The smallest absolute Gasteiger partial charge is 0.0645 e. The van der Waals surface area contributed by atoms with E-state index in [9.17, 15) is 0 Å². The molecule has 1 N–H and O–H groups in total. The number of benzene rings is 2. The van der Waals surface area contributed by atoms with Gasteiger partial charge < -0.3 is 5.32 Å². The summed E-state index contributed by atoms with van der Waals surface area (Å²) in [7, 11) is 0. The standard InChI is InChI=1S/C21H25N3.ClH/c1-21(2,3)20(18-8-5-4-6-9-18)22-16-17-10-12-19(13-11-17)24-15-7-14-23-24;/h4-15,20,22H,16H2,1-3H3;1H. The van der Waals surface area contributed by atoms with Crippen molar-refractivity contribution in [3.05, 3.63) is 84.2 Å². The van der Waals surface area contributed by atoms with Gasteiger partial charge in [-0.1, -0.05) is 63.2 Å². The number of nitrogens with one attached hydrogen (secondary N) is 1. The van der Waals surface area contributed by atoms with Crippen molar-refractivity contribution in [1.29, 1.82) is 0 Å². The number of halogens is 1. The summed E-state index contributed by atoms with van der Waals surface area (Å²) in [6.45, 7) is 7.67. The average Bonchev–Trinajstić information content (AvgIpc) is 3.10. The molecule has 0 radical (unpaired) electrons. The minimum absolute atomic E-state index is 0. The summed E-state index contributed by atoms with van der Waals surface area (Å²) < 4.78 is 1.87. The Hall–Kier alpha value is -2.10. The first-order chi connectivity index (χ1) is 11.5. The summed E-state index contributed by atoms with van der Waals surface area (Å²) >= 11 is 0. The van der Waals surface area contributed by atoms with Crippen LogP contribution >= 0.6 is 12.4 Å². The molecule has 3 aromatic rings. The minimum atomic E-state index is 0. The lowest BCUT2D eigenvalue weighted by Crippen LogP contribution is -2.32. The first-order valence-corrected chi connectivity index (χ1v) is 8.41. The Bertz CT molecular complexity index is 744. The zero-order valence-electron chi connectivity index (χ0n) is 15.0. The molecule has 1 aromatic heterocycles. The molecule has 0 aliphatic rings. The van der Waals surface area contributed by atoms with E-state index in [4.69, 9.17) is 0 Å². The first-order valence-electron chi connectivity index (χ1n) is 8.41. The van der Waals surface area contributed by atoms with Crippen molar-refractivity contribution in [1.82, 2.24) is 15.1 Å². The van der Waals surface area contributed by atoms with Gasteiger partial charge in [-0.3, -0.25) is 0 Å². The van der Waals surface area contributed by atoms with Crippen LogP contribution in [0.25, 0.3) is 5.69 Å². The maximum Gasteiger partial charge on any atom is 0.0645 e. The van der Waals surface area contributed by atoms with Crippen LogP contribution in [0.5, 0.6) is 0 Å². The molecule has 0 saturated carbocycles. The summed E-state index contributed by atoms with van der Waals surface area (Å²) in [6.07, 6.45) is 3.75. The summed E-state index contributed by atoms with van der Waals surface area (Å²) in [5.41, 5.74) is 3.84. The molecule has 0 fully saturated rings. The topological polar surface area (TPSA) is 29.9 Å². The van der Waals surface area contributed by atoms with Gasteiger partial charge in [0.05, 0.1) is 5.69 Å². The lowest BCUT2D eigenvalue weighted by molar-refractivity contribution is 0.271. The molecule has 0 bridgehead atoms. The fourth-order valence-electron chi connectivity index (χ4n) is 2.98. The van der Waals surface area contributed by atoms with Crippen LogP contribution in [0.15, 0.2) is 73.1 Å². The van der Waals surface area contributed by atoms with E-state index in [1.54, 1.807) is 6.20 Å². The van der Waals surface area contributed by atoms with Gasteiger partial charge in [0, 0.05) is 25.0 Å². The SMILES string of the molecule is CC(C)(C)C(NCc1ccc(-n2cccn2)cc1)c1ccccc1.Cl. The fourth-order valence-corrected chi connectivity index (χ4v) is 2.98. The van der Waals surface area contributed by atoms with Crippen LogP contribution in [0, 0.1) is 5.41 Å². The van der Waals surface area contributed by atoms with Gasteiger partial charge in [0.25, 0.3) is 0 Å². The third-order valence-corrected chi connectivity index (χ3v) is 4.21. The molecule has 0 aliphatic carbocycles. The zero-order valence-corrected chi connectivity index (χ0v) is 15.8. The van der Waals surface area contributed by atoms with E-state index >= 15 is 0 Å². The Morgan fingerprint density at radius 2 is 1.64 bits per heavy atom. The molecule has 0 spiro atoms.